The Hall–Kier alpha value is -1.50. The zero-order valence-corrected chi connectivity index (χ0v) is 19.4. The fraction of sp³-hybridized carbons (Fsp3) is 0.783. The maximum Gasteiger partial charge on any atom is 0.239 e. The summed E-state index contributed by atoms with van der Waals surface area (Å²) in [5.74, 6) is 1.09. The van der Waals surface area contributed by atoms with Gasteiger partial charge < -0.3 is 16.0 Å². The number of fused-ring (bicyclic) bond motifs is 2. The van der Waals surface area contributed by atoms with Crippen molar-refractivity contribution in [2.75, 3.05) is 20.1 Å². The lowest BCUT2D eigenvalue weighted by Crippen LogP contribution is -2.42. The molecule has 0 saturated carbocycles. The van der Waals surface area contributed by atoms with Crippen LogP contribution in [0.25, 0.3) is 0 Å². The molecule has 0 unspecified atom stereocenters. The van der Waals surface area contributed by atoms with E-state index in [1.54, 1.807) is 7.05 Å². The van der Waals surface area contributed by atoms with Gasteiger partial charge in [-0.1, -0.05) is 31.9 Å². The predicted molar refractivity (Wildman–Crippen MR) is 123 cm³/mol. The molecule has 0 radical (unpaired) electrons. The molecule has 170 valence electrons. The second-order valence-corrected chi connectivity index (χ2v) is 9.91. The summed E-state index contributed by atoms with van der Waals surface area (Å²) in [5, 5.41) is 9.78. The van der Waals surface area contributed by atoms with Gasteiger partial charge in [0.15, 0.2) is 0 Å². The van der Waals surface area contributed by atoms with Gasteiger partial charge in [0.2, 0.25) is 17.7 Å². The van der Waals surface area contributed by atoms with Crippen LogP contribution in [-0.4, -0.2) is 48.4 Å². The van der Waals surface area contributed by atoms with Crippen molar-refractivity contribution >= 4 is 29.5 Å². The first-order valence-corrected chi connectivity index (χ1v) is 12.5. The molecule has 2 aliphatic heterocycles. The van der Waals surface area contributed by atoms with Crippen LogP contribution in [0.1, 0.15) is 71.1 Å². The van der Waals surface area contributed by atoms with Crippen LogP contribution in [0.4, 0.5) is 0 Å². The van der Waals surface area contributed by atoms with E-state index in [1.165, 1.54) is 12.8 Å². The summed E-state index contributed by atoms with van der Waals surface area (Å²) < 4.78 is 0. The Morgan fingerprint density at radius 3 is 2.37 bits per heavy atom. The van der Waals surface area contributed by atoms with E-state index in [1.807, 2.05) is 0 Å². The van der Waals surface area contributed by atoms with E-state index in [4.69, 9.17) is 0 Å². The molecule has 0 aromatic heterocycles. The Morgan fingerprint density at radius 1 is 0.900 bits per heavy atom. The van der Waals surface area contributed by atoms with E-state index in [0.29, 0.717) is 41.7 Å². The van der Waals surface area contributed by atoms with Crippen LogP contribution in [0.3, 0.4) is 0 Å². The SMILES string of the molecule is CCCCCC(=O)NCC(=O)NC[C@@H]1[C@H](CC=CCCCC(=O)NC)[C@@H]2CC[C@H]1S2. The molecule has 30 heavy (non-hydrogen) atoms. The van der Waals surface area contributed by atoms with Crippen molar-refractivity contribution in [1.29, 1.82) is 0 Å². The molecular formula is C23H39N3O3S. The average molecular weight is 438 g/mol. The maximum atomic E-state index is 12.2. The van der Waals surface area contributed by atoms with Gasteiger partial charge in [0, 0.05) is 36.9 Å². The van der Waals surface area contributed by atoms with Gasteiger partial charge in [-0.25, -0.2) is 0 Å². The molecule has 7 heteroatoms. The quantitative estimate of drug-likeness (QED) is 0.288. The summed E-state index contributed by atoms with van der Waals surface area (Å²) in [6.07, 6.45) is 13.9. The van der Waals surface area contributed by atoms with Crippen molar-refractivity contribution < 1.29 is 14.4 Å². The highest BCUT2D eigenvalue weighted by Gasteiger charge is 2.47. The standard InChI is InChI=1S/C23H39N3O3S/c1-3-4-7-12-22(28)26-16-23(29)25-15-18-17(19-13-14-20(18)30-19)10-8-5-6-9-11-21(27)24-2/h5,8,17-20H,3-4,6-7,9-16H2,1-2H3,(H,24,27)(H,25,29)(H,26,28)/t17-,18+,19-,20+/m0/s1. The first kappa shape index (κ1) is 24.8. The Bertz CT molecular complexity index is 596. The van der Waals surface area contributed by atoms with Gasteiger partial charge in [0.05, 0.1) is 6.54 Å². The van der Waals surface area contributed by atoms with Crippen LogP contribution >= 0.6 is 11.8 Å². The maximum absolute atomic E-state index is 12.2. The van der Waals surface area contributed by atoms with Gasteiger partial charge in [-0.15, -0.1) is 0 Å². The molecule has 2 rings (SSSR count). The van der Waals surface area contributed by atoms with E-state index in [2.05, 4.69) is 46.8 Å². The summed E-state index contributed by atoms with van der Waals surface area (Å²) >= 11 is 2.10. The van der Waals surface area contributed by atoms with Gasteiger partial charge in [0.1, 0.15) is 0 Å². The predicted octanol–water partition coefficient (Wildman–Crippen LogP) is 3.17. The van der Waals surface area contributed by atoms with Crippen LogP contribution in [0.5, 0.6) is 0 Å². The van der Waals surface area contributed by atoms with E-state index < -0.39 is 0 Å². The molecule has 0 aromatic carbocycles. The third-order valence-electron chi connectivity index (χ3n) is 6.21. The van der Waals surface area contributed by atoms with Crippen molar-refractivity contribution in [3.63, 3.8) is 0 Å². The number of thioether (sulfide) groups is 1. The van der Waals surface area contributed by atoms with Crippen molar-refractivity contribution in [1.82, 2.24) is 16.0 Å². The summed E-state index contributed by atoms with van der Waals surface area (Å²) in [6, 6.07) is 0. The van der Waals surface area contributed by atoms with Crippen LogP contribution in [0, 0.1) is 11.8 Å². The van der Waals surface area contributed by atoms with Crippen LogP contribution in [0.15, 0.2) is 12.2 Å². The topological polar surface area (TPSA) is 87.3 Å². The molecule has 3 amide bonds. The Labute approximate surface area is 185 Å². The minimum Gasteiger partial charge on any atom is -0.359 e. The van der Waals surface area contributed by atoms with E-state index in [0.717, 1.165) is 38.5 Å². The lowest BCUT2D eigenvalue weighted by molar-refractivity contribution is -0.126. The molecule has 0 aromatic rings. The van der Waals surface area contributed by atoms with Gasteiger partial charge >= 0.3 is 0 Å². The molecule has 4 atom stereocenters. The number of hydrogen-bond donors (Lipinski definition) is 3. The Kier molecular flexibility index (Phi) is 11.3. The zero-order valence-electron chi connectivity index (χ0n) is 18.6. The van der Waals surface area contributed by atoms with Gasteiger partial charge in [-0.05, 0) is 50.4 Å². The number of amides is 3. The van der Waals surface area contributed by atoms with Crippen molar-refractivity contribution in [3.8, 4) is 0 Å². The van der Waals surface area contributed by atoms with E-state index >= 15 is 0 Å². The number of carbonyl (C=O) groups is 3. The number of rotatable bonds is 14. The van der Waals surface area contributed by atoms with Crippen LogP contribution < -0.4 is 16.0 Å². The second kappa shape index (κ2) is 13.7. The fourth-order valence-corrected chi connectivity index (χ4v) is 6.46. The van der Waals surface area contributed by atoms with Crippen LogP contribution in [-0.2, 0) is 14.4 Å². The summed E-state index contributed by atoms with van der Waals surface area (Å²) in [5.41, 5.74) is 0. The summed E-state index contributed by atoms with van der Waals surface area (Å²) in [4.78, 5) is 35.2. The molecule has 2 fully saturated rings. The van der Waals surface area contributed by atoms with Gasteiger partial charge in [0.25, 0.3) is 0 Å². The van der Waals surface area contributed by atoms with Crippen molar-refractivity contribution in [2.45, 2.75) is 81.6 Å². The summed E-state index contributed by atoms with van der Waals surface area (Å²) in [6.45, 7) is 2.89. The normalized spacial score (nSPS) is 24.9. The number of allylic oxidation sites excluding steroid dienone is 2. The van der Waals surface area contributed by atoms with Crippen molar-refractivity contribution in [3.05, 3.63) is 12.2 Å². The molecule has 0 spiro atoms. The van der Waals surface area contributed by atoms with Gasteiger partial charge in [-0.3, -0.25) is 14.4 Å². The third-order valence-corrected chi connectivity index (χ3v) is 8.08. The highest BCUT2D eigenvalue weighted by atomic mass is 32.2. The minimum atomic E-state index is -0.0879. The van der Waals surface area contributed by atoms with Crippen LogP contribution in [0.2, 0.25) is 0 Å². The minimum absolute atomic E-state index is 0.0338. The lowest BCUT2D eigenvalue weighted by atomic mass is 9.77. The fourth-order valence-electron chi connectivity index (χ4n) is 4.45. The molecule has 2 heterocycles. The van der Waals surface area contributed by atoms with Gasteiger partial charge in [-0.2, -0.15) is 11.8 Å². The first-order chi connectivity index (χ1) is 14.5. The monoisotopic (exact) mass is 437 g/mol. The number of hydrogen-bond acceptors (Lipinski definition) is 4. The molecule has 3 N–H and O–H groups in total. The number of unbranched alkanes of at least 4 members (excludes halogenated alkanes) is 3. The molecule has 6 nitrogen and oxygen atoms in total. The van der Waals surface area contributed by atoms with E-state index in [9.17, 15) is 14.4 Å². The van der Waals surface area contributed by atoms with E-state index in [-0.39, 0.29) is 24.3 Å². The Morgan fingerprint density at radius 2 is 1.63 bits per heavy atom. The molecule has 2 bridgehead atoms. The Balaban J connectivity index is 1.67. The van der Waals surface area contributed by atoms with Crippen molar-refractivity contribution in [2.24, 2.45) is 11.8 Å². The molecule has 2 aliphatic rings. The zero-order chi connectivity index (χ0) is 21.8. The molecule has 2 saturated heterocycles. The third kappa shape index (κ3) is 8.32. The second-order valence-electron chi connectivity index (χ2n) is 8.43. The average Bonchev–Trinajstić information content (AvgIpc) is 3.35. The highest BCUT2D eigenvalue weighted by molar-refractivity contribution is 8.01. The number of carbonyl (C=O) groups excluding carboxylic acids is 3. The largest absolute Gasteiger partial charge is 0.359 e. The number of nitrogens with one attached hydrogen (secondary N) is 3. The summed E-state index contributed by atoms with van der Waals surface area (Å²) in [7, 11) is 1.67. The smallest absolute Gasteiger partial charge is 0.239 e. The molecule has 0 aliphatic carbocycles. The lowest BCUT2D eigenvalue weighted by Gasteiger charge is -2.29. The first-order valence-electron chi connectivity index (χ1n) is 11.6. The molecular weight excluding hydrogens is 398 g/mol. The highest BCUT2D eigenvalue weighted by Crippen LogP contribution is 2.54.